The monoisotopic (exact) mass is 516 g/mol. The van der Waals surface area contributed by atoms with Crippen molar-refractivity contribution in [1.29, 1.82) is 0 Å². The van der Waals surface area contributed by atoms with Crippen molar-refractivity contribution in [1.82, 2.24) is 14.5 Å². The second kappa shape index (κ2) is 9.42. The number of methoxy groups -OCH3 is 1. The van der Waals surface area contributed by atoms with E-state index in [1.165, 1.54) is 44.4 Å². The van der Waals surface area contributed by atoms with Gasteiger partial charge in [-0.2, -0.15) is 0 Å². The fourth-order valence-corrected chi connectivity index (χ4v) is 4.06. The maximum Gasteiger partial charge on any atom is 0.354 e. The van der Waals surface area contributed by atoms with E-state index in [-0.39, 0.29) is 45.6 Å². The van der Waals surface area contributed by atoms with E-state index in [0.717, 1.165) is 15.5 Å². The molecule has 4 rings (SSSR count). The molecule has 0 aliphatic rings. The molecular weight excluding hydrogens is 498 g/mol. The highest BCUT2D eigenvalue weighted by molar-refractivity contribution is 6.32. The molecule has 0 atom stereocenters. The third kappa shape index (κ3) is 4.29. The average molecular weight is 517 g/mol. The number of carboxylic acids is 1. The molecule has 186 valence electrons. The molecule has 0 unspecified atom stereocenters. The van der Waals surface area contributed by atoms with Crippen LogP contribution < -0.4 is 15.3 Å². The molecule has 0 radical (unpaired) electrons. The molecular formula is C24H19ClF2N4O5. The van der Waals surface area contributed by atoms with E-state index in [1.54, 1.807) is 6.92 Å². The molecule has 12 heteroatoms. The van der Waals surface area contributed by atoms with Gasteiger partial charge in [0, 0.05) is 12.6 Å². The van der Waals surface area contributed by atoms with Gasteiger partial charge in [0.05, 0.1) is 35.4 Å². The molecule has 0 aliphatic heterocycles. The van der Waals surface area contributed by atoms with Crippen LogP contribution in [0, 0.1) is 18.6 Å². The Balaban J connectivity index is 1.89. The summed E-state index contributed by atoms with van der Waals surface area (Å²) >= 11 is 6.39. The topological polar surface area (TPSA) is 118 Å². The number of hydrogen-bond donors (Lipinski definition) is 2. The molecule has 0 fully saturated rings. The number of benzene rings is 2. The minimum absolute atomic E-state index is 0.0173. The van der Waals surface area contributed by atoms with E-state index in [0.29, 0.717) is 11.1 Å². The Bertz CT molecular complexity index is 1600. The lowest BCUT2D eigenvalue weighted by Gasteiger charge is -2.24. The number of rotatable bonds is 6. The Labute approximate surface area is 207 Å². The summed E-state index contributed by atoms with van der Waals surface area (Å²) in [5.41, 5.74) is -0.00669. The number of anilines is 1. The fourth-order valence-electron chi connectivity index (χ4n) is 3.86. The summed E-state index contributed by atoms with van der Waals surface area (Å²) in [6.45, 7) is 2.47. The first-order valence-corrected chi connectivity index (χ1v) is 10.9. The van der Waals surface area contributed by atoms with Gasteiger partial charge in [-0.3, -0.25) is 4.79 Å². The van der Waals surface area contributed by atoms with E-state index < -0.39 is 29.2 Å². The van der Waals surface area contributed by atoms with Crippen molar-refractivity contribution in [3.8, 4) is 11.4 Å². The molecule has 0 spiro atoms. The summed E-state index contributed by atoms with van der Waals surface area (Å²) in [7, 11) is 1.29. The summed E-state index contributed by atoms with van der Waals surface area (Å²) in [5.74, 6) is -4.02. The fraction of sp³-hybridized carbons (Fsp3) is 0.167. The Morgan fingerprint density at radius 1 is 1.22 bits per heavy atom. The summed E-state index contributed by atoms with van der Waals surface area (Å²) in [6.07, 6.45) is 0. The first kappa shape index (κ1) is 24.9. The Hall–Kier alpha value is -4.25. The van der Waals surface area contributed by atoms with Crippen LogP contribution in [0.3, 0.4) is 0 Å². The number of ether oxygens (including phenoxy) is 1. The van der Waals surface area contributed by atoms with Gasteiger partial charge < -0.3 is 19.7 Å². The van der Waals surface area contributed by atoms with Crippen LogP contribution in [0.2, 0.25) is 5.02 Å². The van der Waals surface area contributed by atoms with E-state index in [4.69, 9.17) is 16.3 Å². The van der Waals surface area contributed by atoms with Gasteiger partial charge in [-0.15, -0.1) is 0 Å². The highest BCUT2D eigenvalue weighted by Crippen LogP contribution is 2.31. The number of fused-ring (bicyclic) bond motifs is 1. The third-order valence-electron chi connectivity index (χ3n) is 5.62. The smallest absolute Gasteiger partial charge is 0.354 e. The van der Waals surface area contributed by atoms with Gasteiger partial charge in [0.25, 0.3) is 0 Å². The van der Waals surface area contributed by atoms with Crippen LogP contribution >= 0.6 is 11.6 Å². The molecule has 1 amide bonds. The van der Waals surface area contributed by atoms with Crippen molar-refractivity contribution in [2.45, 2.75) is 20.4 Å². The number of aromatic nitrogens is 3. The zero-order valence-corrected chi connectivity index (χ0v) is 20.0. The maximum atomic E-state index is 14.6. The van der Waals surface area contributed by atoms with Gasteiger partial charge >= 0.3 is 11.7 Å². The molecule has 2 aromatic heterocycles. The third-order valence-corrected chi connectivity index (χ3v) is 5.93. The van der Waals surface area contributed by atoms with E-state index >= 15 is 0 Å². The second-order valence-electron chi connectivity index (χ2n) is 7.88. The first-order chi connectivity index (χ1) is 17.0. The lowest BCUT2D eigenvalue weighted by Crippen LogP contribution is -2.29. The number of pyridine rings is 1. The van der Waals surface area contributed by atoms with Gasteiger partial charge in [0.15, 0.2) is 23.0 Å². The van der Waals surface area contributed by atoms with Gasteiger partial charge in [0.2, 0.25) is 5.91 Å². The number of nitrogens with zero attached hydrogens (tertiary/aromatic N) is 3. The van der Waals surface area contributed by atoms with Crippen molar-refractivity contribution in [2.75, 3.05) is 12.0 Å². The van der Waals surface area contributed by atoms with E-state index in [1.807, 2.05) is 0 Å². The molecule has 36 heavy (non-hydrogen) atoms. The van der Waals surface area contributed by atoms with Crippen LogP contribution in [-0.4, -0.2) is 38.6 Å². The maximum absolute atomic E-state index is 14.6. The zero-order chi connectivity index (χ0) is 26.3. The number of aromatic amines is 1. The summed E-state index contributed by atoms with van der Waals surface area (Å²) in [5, 5.41) is 9.49. The standard InChI is InChI=1S/C24H19ClF2N4O5/c1-11-8-17(23(33)34)28-22-21(11)29-24(35)31(22)18-9-13(4-5-15(18)25)30(12(2)32)10-14-19(36-3)7-6-16(26)20(14)27/h4-9H,10H2,1-3H3,(H,29,35)(H,33,34). The Kier molecular flexibility index (Phi) is 6.51. The Morgan fingerprint density at radius 3 is 2.58 bits per heavy atom. The second-order valence-corrected chi connectivity index (χ2v) is 8.28. The normalized spacial score (nSPS) is 11.1. The molecule has 0 saturated heterocycles. The van der Waals surface area contributed by atoms with Crippen molar-refractivity contribution in [2.24, 2.45) is 0 Å². The van der Waals surface area contributed by atoms with Crippen LogP contribution in [0.15, 0.2) is 41.2 Å². The van der Waals surface area contributed by atoms with Gasteiger partial charge in [0.1, 0.15) is 5.75 Å². The highest BCUT2D eigenvalue weighted by Gasteiger charge is 2.23. The number of carbonyl (C=O) groups excluding carboxylic acids is 1. The number of amides is 1. The van der Waals surface area contributed by atoms with Crippen LogP contribution in [0.5, 0.6) is 5.75 Å². The van der Waals surface area contributed by atoms with Gasteiger partial charge in [-0.25, -0.2) is 27.9 Å². The molecule has 9 nitrogen and oxygen atoms in total. The van der Waals surface area contributed by atoms with Crippen LogP contribution in [0.4, 0.5) is 14.5 Å². The lowest BCUT2D eigenvalue weighted by atomic mass is 10.1. The van der Waals surface area contributed by atoms with E-state index in [9.17, 15) is 28.3 Å². The van der Waals surface area contributed by atoms with Crippen molar-refractivity contribution >= 4 is 40.3 Å². The van der Waals surface area contributed by atoms with E-state index in [2.05, 4.69) is 9.97 Å². The summed E-state index contributed by atoms with van der Waals surface area (Å²) in [4.78, 5) is 44.8. The number of hydrogen-bond acceptors (Lipinski definition) is 5. The molecule has 0 bridgehead atoms. The number of imidazole rings is 1. The molecule has 2 N–H and O–H groups in total. The SMILES string of the molecule is COc1ccc(F)c(F)c1CN(C(C)=O)c1ccc(Cl)c(-n2c(=O)[nH]c3c(C)cc(C(=O)O)nc32)c1. The number of H-pyrrole nitrogens is 1. The Morgan fingerprint density at radius 2 is 1.94 bits per heavy atom. The summed E-state index contributed by atoms with van der Waals surface area (Å²) in [6, 6.07) is 7.77. The van der Waals surface area contributed by atoms with Crippen molar-refractivity contribution < 1.29 is 28.2 Å². The molecule has 4 aromatic rings. The number of nitrogens with one attached hydrogen (secondary N) is 1. The van der Waals surface area contributed by atoms with Crippen molar-refractivity contribution in [3.05, 3.63) is 80.4 Å². The number of halogens is 3. The lowest BCUT2D eigenvalue weighted by molar-refractivity contribution is -0.116. The molecule has 0 saturated carbocycles. The minimum atomic E-state index is -1.28. The number of aromatic carboxylic acids is 1. The predicted octanol–water partition coefficient (Wildman–Crippen LogP) is 4.21. The van der Waals surface area contributed by atoms with Crippen LogP contribution in [0.1, 0.15) is 28.5 Å². The number of carboxylic acid groups (broad SMARTS) is 1. The zero-order valence-electron chi connectivity index (χ0n) is 19.2. The quantitative estimate of drug-likeness (QED) is 0.396. The van der Waals surface area contributed by atoms with Gasteiger partial charge in [-0.1, -0.05) is 11.6 Å². The summed E-state index contributed by atoms with van der Waals surface area (Å²) < 4.78 is 34.7. The van der Waals surface area contributed by atoms with Crippen LogP contribution in [0.25, 0.3) is 16.9 Å². The van der Waals surface area contributed by atoms with Gasteiger partial charge in [-0.05, 0) is 48.9 Å². The largest absolute Gasteiger partial charge is 0.496 e. The highest BCUT2D eigenvalue weighted by atomic mass is 35.5. The molecule has 0 aliphatic carbocycles. The predicted molar refractivity (Wildman–Crippen MR) is 128 cm³/mol. The van der Waals surface area contributed by atoms with Crippen molar-refractivity contribution in [3.63, 3.8) is 0 Å². The van der Waals surface area contributed by atoms with Crippen LogP contribution in [-0.2, 0) is 11.3 Å². The first-order valence-electron chi connectivity index (χ1n) is 10.5. The molecule has 2 heterocycles. The number of aryl methyl sites for hydroxylation is 1. The number of carbonyl (C=O) groups is 2. The molecule has 2 aromatic carbocycles. The average Bonchev–Trinajstić information content (AvgIpc) is 3.16. The minimum Gasteiger partial charge on any atom is -0.496 e.